The molecule has 0 aliphatic heterocycles. The van der Waals surface area contributed by atoms with E-state index in [1.54, 1.807) is 12.1 Å². The molecule has 9 heteroatoms. The molecule has 1 N–H and O–H groups in total. The summed E-state index contributed by atoms with van der Waals surface area (Å²) in [5, 5.41) is 10.4. The fourth-order valence-electron chi connectivity index (χ4n) is 4.11. The topological polar surface area (TPSA) is 84.7 Å². The number of rotatable bonds is 5. The molecule has 1 fully saturated rings. The Balaban J connectivity index is 1.67. The third-order valence-electron chi connectivity index (χ3n) is 5.77. The minimum Gasteiger partial charge on any atom is -0.490 e. The lowest BCUT2D eigenvalue weighted by Crippen LogP contribution is -2.35. The van der Waals surface area contributed by atoms with Crippen molar-refractivity contribution in [3.63, 3.8) is 0 Å². The van der Waals surface area contributed by atoms with Crippen LogP contribution in [0.25, 0.3) is 10.9 Å². The average molecular weight is 476 g/mol. The summed E-state index contributed by atoms with van der Waals surface area (Å²) in [6.45, 7) is 1.81. The highest BCUT2D eigenvalue weighted by Gasteiger charge is 2.30. The standard InChI is InChI=1S/C24H27F2N3O3S/c1-24(30)8-6-18(7-9-24)32-22-11-16(25)5-4-15(22)10-20-23-19(26)12-17(29-33(2,3)31)13-21(23)28-14-27-20/h4-5,11-14,18,30H,6-10H2,1-3H3. The lowest BCUT2D eigenvalue weighted by atomic mass is 9.85. The van der Waals surface area contributed by atoms with E-state index in [1.807, 2.05) is 6.92 Å². The van der Waals surface area contributed by atoms with Crippen LogP contribution in [0.5, 0.6) is 5.75 Å². The van der Waals surface area contributed by atoms with Gasteiger partial charge in [0.1, 0.15) is 23.7 Å². The molecule has 3 aromatic rings. The van der Waals surface area contributed by atoms with Gasteiger partial charge < -0.3 is 9.84 Å². The molecule has 2 aromatic carbocycles. The maximum Gasteiger partial charge on any atom is 0.136 e. The van der Waals surface area contributed by atoms with Gasteiger partial charge in [-0.2, -0.15) is 4.36 Å². The van der Waals surface area contributed by atoms with Gasteiger partial charge in [-0.1, -0.05) is 6.07 Å². The number of ether oxygens (including phenoxy) is 1. The van der Waals surface area contributed by atoms with Crippen LogP contribution in [0.4, 0.5) is 14.5 Å². The monoisotopic (exact) mass is 475 g/mol. The highest BCUT2D eigenvalue weighted by atomic mass is 32.2. The van der Waals surface area contributed by atoms with E-state index in [0.717, 1.165) is 0 Å². The molecule has 1 aliphatic rings. The van der Waals surface area contributed by atoms with Crippen molar-refractivity contribution in [1.29, 1.82) is 0 Å². The summed E-state index contributed by atoms with van der Waals surface area (Å²) in [6.07, 6.45) is 6.92. The van der Waals surface area contributed by atoms with Crippen molar-refractivity contribution in [3.8, 4) is 5.75 Å². The number of nitrogens with zero attached hydrogens (tertiary/aromatic N) is 3. The largest absolute Gasteiger partial charge is 0.490 e. The van der Waals surface area contributed by atoms with Gasteiger partial charge in [-0.15, -0.1) is 0 Å². The van der Waals surface area contributed by atoms with Crippen LogP contribution >= 0.6 is 0 Å². The zero-order valence-corrected chi connectivity index (χ0v) is 19.7. The number of fused-ring (bicyclic) bond motifs is 1. The summed E-state index contributed by atoms with van der Waals surface area (Å²) in [5.41, 5.74) is 1.00. The maximum atomic E-state index is 15.0. The van der Waals surface area contributed by atoms with Crippen LogP contribution in [0.1, 0.15) is 43.9 Å². The van der Waals surface area contributed by atoms with Gasteiger partial charge in [0, 0.05) is 46.4 Å². The quantitative estimate of drug-likeness (QED) is 0.566. The summed E-state index contributed by atoms with van der Waals surface area (Å²) in [5.74, 6) is -0.606. The third-order valence-corrected chi connectivity index (χ3v) is 6.42. The Morgan fingerprint density at radius 3 is 2.61 bits per heavy atom. The Kier molecular flexibility index (Phi) is 6.37. The number of hydrogen-bond donors (Lipinski definition) is 1. The molecule has 4 rings (SSSR count). The van der Waals surface area contributed by atoms with E-state index in [1.165, 1.54) is 37.0 Å². The molecule has 1 saturated carbocycles. The average Bonchev–Trinajstić information content (AvgIpc) is 2.70. The van der Waals surface area contributed by atoms with Crippen LogP contribution in [0.2, 0.25) is 0 Å². The van der Waals surface area contributed by atoms with Gasteiger partial charge in [0.05, 0.1) is 34.0 Å². The smallest absolute Gasteiger partial charge is 0.136 e. The Bertz CT molecular complexity index is 1300. The van der Waals surface area contributed by atoms with E-state index in [-0.39, 0.29) is 23.6 Å². The van der Waals surface area contributed by atoms with Crippen molar-refractivity contribution in [2.75, 3.05) is 12.5 Å². The van der Waals surface area contributed by atoms with Crippen LogP contribution in [0.3, 0.4) is 0 Å². The lowest BCUT2D eigenvalue weighted by Gasteiger charge is -2.33. The van der Waals surface area contributed by atoms with Crippen molar-refractivity contribution in [2.24, 2.45) is 4.36 Å². The molecule has 0 amide bonds. The molecule has 0 saturated heterocycles. The van der Waals surface area contributed by atoms with Gasteiger partial charge >= 0.3 is 0 Å². The molecule has 0 atom stereocenters. The Hall–Kier alpha value is -2.65. The van der Waals surface area contributed by atoms with Crippen LogP contribution in [-0.2, 0) is 16.1 Å². The molecule has 1 aromatic heterocycles. The van der Waals surface area contributed by atoms with Crippen LogP contribution in [-0.4, -0.2) is 43.5 Å². The van der Waals surface area contributed by atoms with Crippen molar-refractivity contribution >= 4 is 26.3 Å². The summed E-state index contributed by atoms with van der Waals surface area (Å²) >= 11 is 0. The minimum absolute atomic E-state index is 0.133. The van der Waals surface area contributed by atoms with Crippen LogP contribution in [0.15, 0.2) is 41.0 Å². The lowest BCUT2D eigenvalue weighted by molar-refractivity contribution is -0.0110. The van der Waals surface area contributed by atoms with Gasteiger partial charge in [-0.3, -0.25) is 0 Å². The van der Waals surface area contributed by atoms with Crippen molar-refractivity contribution in [1.82, 2.24) is 9.97 Å². The normalized spacial score (nSPS) is 21.2. The molecule has 0 radical (unpaired) electrons. The van der Waals surface area contributed by atoms with E-state index in [9.17, 15) is 13.7 Å². The van der Waals surface area contributed by atoms with Crippen molar-refractivity contribution < 1.29 is 22.8 Å². The first-order valence-corrected chi connectivity index (χ1v) is 13.1. The van der Waals surface area contributed by atoms with Gasteiger partial charge in [0.15, 0.2) is 0 Å². The molecule has 0 spiro atoms. The fraction of sp³-hybridized carbons (Fsp3) is 0.417. The predicted octanol–water partition coefficient (Wildman–Crippen LogP) is 4.93. The molecule has 1 aliphatic carbocycles. The third kappa shape index (κ3) is 5.83. The fourth-order valence-corrected chi connectivity index (χ4v) is 4.72. The summed E-state index contributed by atoms with van der Waals surface area (Å²) < 4.78 is 51.2. The molecule has 33 heavy (non-hydrogen) atoms. The minimum atomic E-state index is -2.46. The van der Waals surface area contributed by atoms with Crippen molar-refractivity contribution in [3.05, 3.63) is 59.6 Å². The van der Waals surface area contributed by atoms with Gasteiger partial charge in [0.25, 0.3) is 0 Å². The number of halogens is 2. The highest BCUT2D eigenvalue weighted by molar-refractivity contribution is 7.92. The molecule has 176 valence electrons. The summed E-state index contributed by atoms with van der Waals surface area (Å²) in [6, 6.07) is 7.08. The number of aliphatic hydroxyl groups is 1. The van der Waals surface area contributed by atoms with Gasteiger partial charge in [-0.05, 0) is 44.7 Å². The Morgan fingerprint density at radius 2 is 1.91 bits per heavy atom. The predicted molar refractivity (Wildman–Crippen MR) is 124 cm³/mol. The molecule has 1 heterocycles. The van der Waals surface area contributed by atoms with E-state index < -0.39 is 27.0 Å². The van der Waals surface area contributed by atoms with Crippen LogP contribution < -0.4 is 4.74 Å². The van der Waals surface area contributed by atoms with Crippen molar-refractivity contribution in [2.45, 2.75) is 50.7 Å². The highest BCUT2D eigenvalue weighted by Crippen LogP contribution is 2.33. The number of benzene rings is 2. The van der Waals surface area contributed by atoms with E-state index in [0.29, 0.717) is 48.2 Å². The second-order valence-electron chi connectivity index (χ2n) is 9.16. The molecular formula is C24H27F2N3O3S. The summed E-state index contributed by atoms with van der Waals surface area (Å²) in [4.78, 5) is 8.44. The van der Waals surface area contributed by atoms with E-state index in [2.05, 4.69) is 14.3 Å². The second kappa shape index (κ2) is 8.95. The van der Waals surface area contributed by atoms with E-state index in [4.69, 9.17) is 4.74 Å². The Labute approximate surface area is 192 Å². The zero-order valence-electron chi connectivity index (χ0n) is 18.8. The van der Waals surface area contributed by atoms with Gasteiger partial charge in [-0.25, -0.2) is 23.0 Å². The van der Waals surface area contributed by atoms with Gasteiger partial charge in [0.2, 0.25) is 0 Å². The molecule has 6 nitrogen and oxygen atoms in total. The SMILES string of the molecule is CC1(O)CCC(Oc2cc(F)ccc2Cc2ncnc3cc(N=S(C)(C)=O)cc(F)c23)CC1. The first-order chi connectivity index (χ1) is 15.5. The van der Waals surface area contributed by atoms with Crippen LogP contribution in [0, 0.1) is 11.6 Å². The molecular weight excluding hydrogens is 448 g/mol. The second-order valence-corrected chi connectivity index (χ2v) is 11.7. The zero-order chi connectivity index (χ0) is 23.8. The summed E-state index contributed by atoms with van der Waals surface area (Å²) in [7, 11) is -2.46. The number of aromatic nitrogens is 2. The molecule has 0 bridgehead atoms. The van der Waals surface area contributed by atoms with E-state index >= 15 is 4.39 Å². The molecule has 0 unspecified atom stereocenters. The maximum absolute atomic E-state index is 15.0. The first kappa shape index (κ1) is 23.5. The number of hydrogen-bond acceptors (Lipinski definition) is 6. The Morgan fingerprint density at radius 1 is 1.18 bits per heavy atom. The first-order valence-electron chi connectivity index (χ1n) is 10.8.